The van der Waals surface area contributed by atoms with Gasteiger partial charge in [-0.15, -0.1) is 0 Å². The van der Waals surface area contributed by atoms with Crippen molar-refractivity contribution in [2.24, 2.45) is 0 Å². The summed E-state index contributed by atoms with van der Waals surface area (Å²) in [5.74, 6) is -0.542. The molecule has 0 aromatic rings. The summed E-state index contributed by atoms with van der Waals surface area (Å²) in [6.45, 7) is 6.34. The van der Waals surface area contributed by atoms with Gasteiger partial charge in [0.2, 0.25) is 5.91 Å². The molecule has 3 unspecified atom stereocenters. The first-order chi connectivity index (χ1) is 29.0. The molecule has 6 nitrogen and oxygen atoms in total. The lowest BCUT2D eigenvalue weighted by molar-refractivity contribution is -0.151. The van der Waals surface area contributed by atoms with E-state index >= 15 is 0 Å². The van der Waals surface area contributed by atoms with Crippen molar-refractivity contribution in [2.45, 2.75) is 257 Å². The van der Waals surface area contributed by atoms with Gasteiger partial charge in [-0.2, -0.15) is 0 Å². The fraction of sp³-hybridized carbons (Fsp3) is 0.774. The van der Waals surface area contributed by atoms with E-state index < -0.39 is 18.2 Å². The number of allylic oxidation sites excluding steroid dienone is 10. The summed E-state index contributed by atoms with van der Waals surface area (Å²) in [5.41, 5.74) is 0. The number of carbonyl (C=O) groups is 2. The Balaban J connectivity index is 4.56. The molecule has 1 amide bonds. The Labute approximate surface area is 365 Å². The van der Waals surface area contributed by atoms with Gasteiger partial charge in [-0.25, -0.2) is 0 Å². The van der Waals surface area contributed by atoms with Crippen molar-refractivity contribution in [3.8, 4) is 0 Å². The van der Waals surface area contributed by atoms with E-state index in [-0.39, 0.29) is 24.9 Å². The lowest BCUT2D eigenvalue weighted by atomic mass is 10.0. The Morgan fingerprint density at radius 2 is 0.898 bits per heavy atom. The van der Waals surface area contributed by atoms with E-state index in [2.05, 4.69) is 86.8 Å². The zero-order valence-corrected chi connectivity index (χ0v) is 38.9. The number of unbranched alkanes of at least 4 members (excludes halogenated alkanes) is 22. The first-order valence-electron chi connectivity index (χ1n) is 25.0. The number of aliphatic hydroxyl groups excluding tert-OH is 2. The lowest BCUT2D eigenvalue weighted by Gasteiger charge is -2.24. The van der Waals surface area contributed by atoms with Crippen LogP contribution in [0.3, 0.4) is 0 Å². The molecule has 0 aliphatic carbocycles. The number of aliphatic hydroxyl groups is 2. The van der Waals surface area contributed by atoms with E-state index in [0.717, 1.165) is 77.0 Å². The van der Waals surface area contributed by atoms with Crippen molar-refractivity contribution in [1.82, 2.24) is 5.32 Å². The third kappa shape index (κ3) is 42.1. The first-order valence-corrected chi connectivity index (χ1v) is 25.0. The minimum atomic E-state index is -0.796. The lowest BCUT2D eigenvalue weighted by Crippen LogP contribution is -2.46. The average molecular weight is 826 g/mol. The molecule has 0 aromatic carbocycles. The number of hydrogen-bond acceptors (Lipinski definition) is 5. The van der Waals surface area contributed by atoms with Crippen molar-refractivity contribution in [2.75, 3.05) is 6.61 Å². The van der Waals surface area contributed by atoms with Crippen LogP contribution in [0, 0.1) is 0 Å². The summed E-state index contributed by atoms with van der Waals surface area (Å²) >= 11 is 0. The molecule has 0 heterocycles. The molecule has 0 radical (unpaired) electrons. The highest BCUT2D eigenvalue weighted by molar-refractivity contribution is 5.77. The predicted octanol–water partition coefficient (Wildman–Crippen LogP) is 14.8. The van der Waals surface area contributed by atoms with Crippen LogP contribution in [0.1, 0.15) is 239 Å². The van der Waals surface area contributed by atoms with E-state index in [0.29, 0.717) is 25.7 Å². The third-order valence-corrected chi connectivity index (χ3v) is 11.1. The quantitative estimate of drug-likeness (QED) is 0.0323. The molecule has 0 bridgehead atoms. The Bertz CT molecular complexity index is 1060. The van der Waals surface area contributed by atoms with Crippen LogP contribution >= 0.6 is 0 Å². The van der Waals surface area contributed by atoms with Crippen LogP contribution in [0.25, 0.3) is 0 Å². The van der Waals surface area contributed by atoms with Gasteiger partial charge in [0.25, 0.3) is 0 Å². The first kappa shape index (κ1) is 56.6. The number of carbonyl (C=O) groups excluding carboxylic acids is 2. The van der Waals surface area contributed by atoms with Gasteiger partial charge in [-0.1, -0.05) is 223 Å². The monoisotopic (exact) mass is 826 g/mol. The third-order valence-electron chi connectivity index (χ3n) is 11.1. The topological polar surface area (TPSA) is 95.9 Å². The number of hydrogen-bond donors (Lipinski definition) is 3. The summed E-state index contributed by atoms with van der Waals surface area (Å²) < 4.78 is 5.88. The second-order valence-electron chi connectivity index (χ2n) is 16.8. The molecule has 3 atom stereocenters. The summed E-state index contributed by atoms with van der Waals surface area (Å²) in [5, 5.41) is 23.7. The Morgan fingerprint density at radius 1 is 0.508 bits per heavy atom. The van der Waals surface area contributed by atoms with Crippen molar-refractivity contribution < 1.29 is 24.5 Å². The predicted molar refractivity (Wildman–Crippen MR) is 255 cm³/mol. The normalized spacial score (nSPS) is 13.8. The summed E-state index contributed by atoms with van der Waals surface area (Å²) in [6.07, 6.45) is 57.1. The molecule has 0 fully saturated rings. The van der Waals surface area contributed by atoms with E-state index in [1.807, 2.05) is 0 Å². The highest BCUT2D eigenvalue weighted by atomic mass is 16.5. The van der Waals surface area contributed by atoms with Crippen molar-refractivity contribution in [3.63, 3.8) is 0 Å². The molecule has 0 saturated heterocycles. The second kappa shape index (κ2) is 46.6. The van der Waals surface area contributed by atoms with Crippen LogP contribution in [0.2, 0.25) is 0 Å². The molecule has 0 saturated carbocycles. The number of amides is 1. The van der Waals surface area contributed by atoms with Gasteiger partial charge in [0.15, 0.2) is 0 Å². The van der Waals surface area contributed by atoms with Crippen LogP contribution in [0.15, 0.2) is 60.8 Å². The smallest absolute Gasteiger partial charge is 0.306 e. The van der Waals surface area contributed by atoms with Crippen LogP contribution in [-0.4, -0.2) is 46.9 Å². The number of rotatable bonds is 44. The van der Waals surface area contributed by atoms with E-state index in [1.54, 1.807) is 0 Å². The van der Waals surface area contributed by atoms with Gasteiger partial charge in [0.05, 0.1) is 25.2 Å². The molecule has 59 heavy (non-hydrogen) atoms. The van der Waals surface area contributed by atoms with Crippen molar-refractivity contribution in [3.05, 3.63) is 60.8 Å². The van der Waals surface area contributed by atoms with E-state index in [4.69, 9.17) is 4.74 Å². The van der Waals surface area contributed by atoms with Gasteiger partial charge in [-0.05, 0) is 64.2 Å². The molecule has 0 aliphatic rings. The zero-order valence-electron chi connectivity index (χ0n) is 38.9. The standard InChI is InChI=1S/C53H95NO5/c1-4-7-10-13-16-19-21-23-25-26-27-29-31-34-37-40-43-46-53(58)59-49(44-41-38-35-32-18-15-12-9-6-3)47-52(57)54-50(48-55)51(56)45-42-39-36-33-30-28-24-22-20-17-14-11-8-5-2/h7,10,16,19,23,25,27,29,34,37,49-51,55-56H,4-6,8-9,11-15,17-18,20-22,24,26,28,30-33,35-36,38-48H2,1-3H3,(H,54,57)/b10-7-,19-16-,25-23-,29-27-,37-34-. The molecular formula is C53H95NO5. The summed E-state index contributed by atoms with van der Waals surface area (Å²) in [6, 6.07) is -0.711. The maximum atomic E-state index is 13.1. The van der Waals surface area contributed by atoms with Crippen LogP contribution < -0.4 is 5.32 Å². The molecule has 342 valence electrons. The number of esters is 1. The minimum absolute atomic E-state index is 0.0552. The average Bonchev–Trinajstić information content (AvgIpc) is 3.23. The second-order valence-corrected chi connectivity index (χ2v) is 16.8. The van der Waals surface area contributed by atoms with Gasteiger partial charge in [0, 0.05) is 6.42 Å². The SMILES string of the molecule is CC/C=C\C/C=C\C/C=C\C/C=C\C/C=C\CCCC(=O)OC(CCCCCCCCCCC)CC(=O)NC(CO)C(O)CCCCCCCCCCCCCCCC. The van der Waals surface area contributed by atoms with Gasteiger partial charge in [0.1, 0.15) is 6.10 Å². The van der Waals surface area contributed by atoms with Gasteiger partial charge >= 0.3 is 5.97 Å². The number of nitrogens with one attached hydrogen (secondary N) is 1. The maximum absolute atomic E-state index is 13.1. The summed E-state index contributed by atoms with van der Waals surface area (Å²) in [4.78, 5) is 26.0. The fourth-order valence-corrected chi connectivity index (χ4v) is 7.35. The Kier molecular flexibility index (Phi) is 44.7. The van der Waals surface area contributed by atoms with Crippen LogP contribution in [0.5, 0.6) is 0 Å². The largest absolute Gasteiger partial charge is 0.462 e. The molecule has 0 spiro atoms. The summed E-state index contributed by atoms with van der Waals surface area (Å²) in [7, 11) is 0. The molecule has 0 rings (SSSR count). The molecule has 6 heteroatoms. The maximum Gasteiger partial charge on any atom is 0.306 e. The van der Waals surface area contributed by atoms with Crippen molar-refractivity contribution in [1.29, 1.82) is 0 Å². The van der Waals surface area contributed by atoms with Gasteiger partial charge in [-0.3, -0.25) is 9.59 Å². The molecular weight excluding hydrogens is 731 g/mol. The van der Waals surface area contributed by atoms with Crippen molar-refractivity contribution >= 4 is 11.9 Å². The van der Waals surface area contributed by atoms with E-state index in [1.165, 1.54) is 109 Å². The minimum Gasteiger partial charge on any atom is -0.462 e. The molecule has 0 aromatic heterocycles. The zero-order chi connectivity index (χ0) is 43.1. The molecule has 3 N–H and O–H groups in total. The number of ether oxygens (including phenoxy) is 1. The highest BCUT2D eigenvalue weighted by Crippen LogP contribution is 2.17. The van der Waals surface area contributed by atoms with Gasteiger partial charge < -0.3 is 20.3 Å². The molecule has 0 aliphatic heterocycles. The van der Waals surface area contributed by atoms with Crippen LogP contribution in [-0.2, 0) is 14.3 Å². The van der Waals surface area contributed by atoms with Crippen LogP contribution in [0.4, 0.5) is 0 Å². The Morgan fingerprint density at radius 3 is 1.32 bits per heavy atom. The Hall–Kier alpha value is -2.44. The highest BCUT2D eigenvalue weighted by Gasteiger charge is 2.24. The van der Waals surface area contributed by atoms with E-state index in [9.17, 15) is 19.8 Å². The fourth-order valence-electron chi connectivity index (χ4n) is 7.35.